The molecule has 0 bridgehead atoms. The van der Waals surface area contributed by atoms with Crippen molar-refractivity contribution in [3.8, 4) is 6.07 Å². The highest BCUT2D eigenvalue weighted by molar-refractivity contribution is 5.61. The summed E-state index contributed by atoms with van der Waals surface area (Å²) in [6.07, 6.45) is 0. The van der Waals surface area contributed by atoms with Gasteiger partial charge in [0, 0.05) is 24.5 Å². The van der Waals surface area contributed by atoms with Gasteiger partial charge in [0.05, 0.1) is 11.6 Å². The number of anilines is 2. The first-order valence-electron chi connectivity index (χ1n) is 5.66. The van der Waals surface area contributed by atoms with Crippen molar-refractivity contribution >= 4 is 11.5 Å². The van der Waals surface area contributed by atoms with E-state index in [4.69, 9.17) is 5.26 Å². The summed E-state index contributed by atoms with van der Waals surface area (Å²) < 4.78 is 0. The van der Waals surface area contributed by atoms with E-state index < -0.39 is 0 Å². The van der Waals surface area contributed by atoms with Gasteiger partial charge in [0.15, 0.2) is 0 Å². The van der Waals surface area contributed by atoms with Gasteiger partial charge in [-0.25, -0.2) is 9.97 Å². The molecule has 0 unspecified atom stereocenters. The second-order valence-electron chi connectivity index (χ2n) is 4.14. The largest absolute Gasteiger partial charge is 0.329 e. The molecule has 0 aliphatic carbocycles. The molecule has 4 nitrogen and oxygen atoms in total. The van der Waals surface area contributed by atoms with Crippen molar-refractivity contribution in [3.63, 3.8) is 0 Å². The van der Waals surface area contributed by atoms with Gasteiger partial charge < -0.3 is 4.90 Å². The first-order chi connectivity index (χ1) is 8.60. The van der Waals surface area contributed by atoms with Gasteiger partial charge in [0.1, 0.15) is 11.6 Å². The first-order valence-corrected chi connectivity index (χ1v) is 5.66. The molecular weight excluding hydrogens is 224 g/mol. The van der Waals surface area contributed by atoms with Crippen molar-refractivity contribution in [3.05, 3.63) is 47.4 Å². The van der Waals surface area contributed by atoms with Crippen molar-refractivity contribution in [2.75, 3.05) is 11.9 Å². The van der Waals surface area contributed by atoms with E-state index in [-0.39, 0.29) is 0 Å². The summed E-state index contributed by atoms with van der Waals surface area (Å²) in [6.45, 7) is 3.81. The Labute approximate surface area is 107 Å². The van der Waals surface area contributed by atoms with Crippen LogP contribution in [0.25, 0.3) is 0 Å². The Kier molecular flexibility index (Phi) is 3.24. The van der Waals surface area contributed by atoms with Crippen molar-refractivity contribution < 1.29 is 0 Å². The quantitative estimate of drug-likeness (QED) is 0.807. The Bertz CT molecular complexity index is 593. The van der Waals surface area contributed by atoms with Crippen molar-refractivity contribution in [2.45, 2.75) is 13.8 Å². The van der Waals surface area contributed by atoms with Crippen LogP contribution in [0.3, 0.4) is 0 Å². The van der Waals surface area contributed by atoms with E-state index in [1.165, 1.54) is 0 Å². The standard InChI is InChI=1S/C14H14N4/c1-10-7-14(17-11(2)16-10)18(3)13-6-4-5-12(8-13)9-15/h4-8H,1-3H3. The van der Waals surface area contributed by atoms with Crippen LogP contribution in [0.2, 0.25) is 0 Å². The van der Waals surface area contributed by atoms with E-state index in [9.17, 15) is 0 Å². The highest BCUT2D eigenvalue weighted by Gasteiger charge is 2.07. The number of benzene rings is 1. The molecule has 18 heavy (non-hydrogen) atoms. The molecule has 2 rings (SSSR count). The number of aromatic nitrogens is 2. The molecule has 90 valence electrons. The third kappa shape index (κ3) is 2.46. The minimum Gasteiger partial charge on any atom is -0.329 e. The Morgan fingerprint density at radius 3 is 2.61 bits per heavy atom. The van der Waals surface area contributed by atoms with Crippen LogP contribution < -0.4 is 4.90 Å². The maximum atomic E-state index is 8.91. The van der Waals surface area contributed by atoms with Crippen LogP contribution in [0, 0.1) is 25.2 Å². The van der Waals surface area contributed by atoms with Gasteiger partial charge in [0.2, 0.25) is 0 Å². The fraction of sp³-hybridized carbons (Fsp3) is 0.214. The Morgan fingerprint density at radius 1 is 1.17 bits per heavy atom. The molecule has 0 fully saturated rings. The number of aryl methyl sites for hydroxylation is 2. The number of hydrogen-bond donors (Lipinski definition) is 0. The second kappa shape index (κ2) is 4.84. The molecule has 0 spiro atoms. The lowest BCUT2D eigenvalue weighted by Gasteiger charge is -2.19. The minimum absolute atomic E-state index is 0.641. The Morgan fingerprint density at radius 2 is 1.94 bits per heavy atom. The zero-order valence-electron chi connectivity index (χ0n) is 10.7. The summed E-state index contributed by atoms with van der Waals surface area (Å²) in [5.41, 5.74) is 2.51. The fourth-order valence-corrected chi connectivity index (χ4v) is 1.79. The molecule has 0 atom stereocenters. The lowest BCUT2D eigenvalue weighted by atomic mass is 10.2. The molecule has 0 aliphatic rings. The number of hydrogen-bond acceptors (Lipinski definition) is 4. The lowest BCUT2D eigenvalue weighted by molar-refractivity contribution is 0.982. The predicted octanol–water partition coefficient (Wildman–Crippen LogP) is 2.73. The number of nitrogens with zero attached hydrogens (tertiary/aromatic N) is 4. The molecule has 0 saturated carbocycles. The summed E-state index contributed by atoms with van der Waals surface area (Å²) in [5, 5.41) is 8.91. The van der Waals surface area contributed by atoms with E-state index in [0.717, 1.165) is 23.0 Å². The Hall–Kier alpha value is -2.41. The van der Waals surface area contributed by atoms with Crippen LogP contribution in [0.5, 0.6) is 0 Å². The molecule has 1 heterocycles. The summed E-state index contributed by atoms with van der Waals surface area (Å²) in [7, 11) is 1.93. The van der Waals surface area contributed by atoms with E-state index in [2.05, 4.69) is 16.0 Å². The minimum atomic E-state index is 0.641. The molecule has 0 amide bonds. The summed E-state index contributed by atoms with van der Waals surface area (Å²) >= 11 is 0. The van der Waals surface area contributed by atoms with Crippen molar-refractivity contribution in [2.24, 2.45) is 0 Å². The average Bonchev–Trinajstić information content (AvgIpc) is 2.37. The molecular formula is C14H14N4. The van der Waals surface area contributed by atoms with E-state index in [1.54, 1.807) is 6.07 Å². The maximum Gasteiger partial charge on any atom is 0.136 e. The summed E-state index contributed by atoms with van der Waals surface area (Å²) in [5.74, 6) is 1.57. The molecule has 1 aromatic carbocycles. The van der Waals surface area contributed by atoms with Crippen molar-refractivity contribution in [1.82, 2.24) is 9.97 Å². The molecule has 0 N–H and O–H groups in total. The summed E-state index contributed by atoms with van der Waals surface area (Å²) in [6, 6.07) is 11.5. The van der Waals surface area contributed by atoms with Crippen LogP contribution in [0.1, 0.15) is 17.1 Å². The van der Waals surface area contributed by atoms with Crippen LogP contribution in [0.4, 0.5) is 11.5 Å². The molecule has 1 aromatic heterocycles. The molecule has 2 aromatic rings. The molecule has 0 saturated heterocycles. The van der Waals surface area contributed by atoms with Crippen LogP contribution in [-0.2, 0) is 0 Å². The van der Waals surface area contributed by atoms with Gasteiger partial charge in [-0.2, -0.15) is 5.26 Å². The third-order valence-electron chi connectivity index (χ3n) is 2.66. The van der Waals surface area contributed by atoms with Crippen LogP contribution in [-0.4, -0.2) is 17.0 Å². The maximum absolute atomic E-state index is 8.91. The second-order valence-corrected chi connectivity index (χ2v) is 4.14. The molecule has 4 heteroatoms. The van der Waals surface area contributed by atoms with Gasteiger partial charge in [-0.1, -0.05) is 6.07 Å². The average molecular weight is 238 g/mol. The normalized spacial score (nSPS) is 9.89. The Balaban J connectivity index is 2.41. The molecule has 0 aliphatic heterocycles. The topological polar surface area (TPSA) is 52.8 Å². The van der Waals surface area contributed by atoms with Crippen LogP contribution in [0.15, 0.2) is 30.3 Å². The van der Waals surface area contributed by atoms with Gasteiger partial charge in [-0.15, -0.1) is 0 Å². The number of rotatable bonds is 2. The fourth-order valence-electron chi connectivity index (χ4n) is 1.79. The van der Waals surface area contributed by atoms with Gasteiger partial charge >= 0.3 is 0 Å². The smallest absolute Gasteiger partial charge is 0.136 e. The number of nitriles is 1. The van der Waals surface area contributed by atoms with Gasteiger partial charge in [0.25, 0.3) is 0 Å². The van der Waals surface area contributed by atoms with E-state index >= 15 is 0 Å². The first kappa shape index (κ1) is 12.1. The van der Waals surface area contributed by atoms with Crippen LogP contribution >= 0.6 is 0 Å². The lowest BCUT2D eigenvalue weighted by Crippen LogP contribution is -2.12. The highest BCUT2D eigenvalue weighted by Crippen LogP contribution is 2.22. The third-order valence-corrected chi connectivity index (χ3v) is 2.66. The molecule has 0 radical (unpaired) electrons. The SMILES string of the molecule is Cc1cc(N(C)c2cccc(C#N)c2)nc(C)n1. The van der Waals surface area contributed by atoms with Crippen molar-refractivity contribution in [1.29, 1.82) is 5.26 Å². The van der Waals surface area contributed by atoms with Gasteiger partial charge in [-0.3, -0.25) is 0 Å². The summed E-state index contributed by atoms with van der Waals surface area (Å²) in [4.78, 5) is 10.6. The predicted molar refractivity (Wildman–Crippen MR) is 70.7 cm³/mol. The zero-order valence-corrected chi connectivity index (χ0v) is 10.7. The zero-order chi connectivity index (χ0) is 13.1. The van der Waals surface area contributed by atoms with E-state index in [0.29, 0.717) is 5.56 Å². The monoisotopic (exact) mass is 238 g/mol. The highest BCUT2D eigenvalue weighted by atomic mass is 15.2. The van der Waals surface area contributed by atoms with E-state index in [1.807, 2.05) is 50.1 Å². The van der Waals surface area contributed by atoms with Gasteiger partial charge in [-0.05, 0) is 32.0 Å².